The van der Waals surface area contributed by atoms with Gasteiger partial charge < -0.3 is 14.2 Å². The molecule has 1 atom stereocenters. The van der Waals surface area contributed by atoms with Gasteiger partial charge in [-0.15, -0.1) is 0 Å². The van der Waals surface area contributed by atoms with E-state index in [1.54, 1.807) is 0 Å². The Balaban J connectivity index is 4.38. The van der Waals surface area contributed by atoms with Crippen LogP contribution in [0.5, 0.6) is 0 Å². The van der Waals surface area contributed by atoms with Crippen LogP contribution in [-0.2, 0) is 28.6 Å². The first-order valence-corrected chi connectivity index (χ1v) is 30.2. The molecule has 412 valence electrons. The number of unbranched alkanes of at least 4 members (excludes halogenated alkanes) is 27. The highest BCUT2D eigenvalue weighted by atomic mass is 16.6. The third-order valence-electron chi connectivity index (χ3n) is 12.8. The number of ether oxygens (including phenoxy) is 3. The second-order valence-corrected chi connectivity index (χ2v) is 19.8. The molecule has 0 aliphatic carbocycles. The van der Waals surface area contributed by atoms with E-state index in [0.29, 0.717) is 19.3 Å². The Labute approximate surface area is 445 Å². The van der Waals surface area contributed by atoms with E-state index in [2.05, 4.69) is 118 Å². The van der Waals surface area contributed by atoms with Gasteiger partial charge in [-0.25, -0.2) is 0 Å². The summed E-state index contributed by atoms with van der Waals surface area (Å²) in [6.07, 6.45) is 79.7. The Morgan fingerprint density at radius 2 is 0.542 bits per heavy atom. The van der Waals surface area contributed by atoms with Crippen LogP contribution < -0.4 is 0 Å². The number of carbonyl (C=O) groups excluding carboxylic acids is 3. The minimum atomic E-state index is -0.792. The van der Waals surface area contributed by atoms with Crippen LogP contribution in [0.15, 0.2) is 97.2 Å². The highest BCUT2D eigenvalue weighted by molar-refractivity contribution is 5.71. The highest BCUT2D eigenvalue weighted by Gasteiger charge is 2.19. The average Bonchev–Trinajstić information content (AvgIpc) is 3.38. The first-order valence-electron chi connectivity index (χ1n) is 30.2. The van der Waals surface area contributed by atoms with Crippen LogP contribution in [-0.4, -0.2) is 37.2 Å². The maximum absolute atomic E-state index is 12.9. The molecule has 6 nitrogen and oxygen atoms in total. The summed E-state index contributed by atoms with van der Waals surface area (Å²) in [6, 6.07) is 0. The summed E-state index contributed by atoms with van der Waals surface area (Å²) in [4.78, 5) is 38.2. The Kier molecular flexibility index (Phi) is 56.8. The minimum absolute atomic E-state index is 0.0885. The average molecular weight is 1000 g/mol. The molecule has 0 aliphatic heterocycles. The lowest BCUT2D eigenvalue weighted by Gasteiger charge is -2.18. The Hall–Kier alpha value is -3.67. The third-order valence-corrected chi connectivity index (χ3v) is 12.8. The van der Waals surface area contributed by atoms with E-state index in [1.807, 2.05) is 0 Å². The Morgan fingerprint density at radius 3 is 0.861 bits per heavy atom. The molecule has 0 saturated heterocycles. The van der Waals surface area contributed by atoms with Gasteiger partial charge in [0.25, 0.3) is 0 Å². The summed E-state index contributed by atoms with van der Waals surface area (Å²) < 4.78 is 16.9. The van der Waals surface area contributed by atoms with E-state index in [4.69, 9.17) is 14.2 Å². The SMILES string of the molecule is CC/C=C\C/C=C\C/C=C\C/C=C\CCCCCCCCCCCCC(=O)OCC(COC(=O)CCCCCCC/C=C\C/C=C\C/C=C\CC)OC(=O)CCCCCCC/C=C\CCCCCCCCC. The van der Waals surface area contributed by atoms with Gasteiger partial charge in [-0.3, -0.25) is 14.4 Å². The van der Waals surface area contributed by atoms with Gasteiger partial charge in [0.05, 0.1) is 0 Å². The van der Waals surface area contributed by atoms with Crippen molar-refractivity contribution in [2.45, 2.75) is 290 Å². The second-order valence-electron chi connectivity index (χ2n) is 19.8. The summed E-state index contributed by atoms with van der Waals surface area (Å²) in [6.45, 7) is 6.41. The zero-order valence-electron chi connectivity index (χ0n) is 47.2. The van der Waals surface area contributed by atoms with E-state index < -0.39 is 6.10 Å². The lowest BCUT2D eigenvalue weighted by atomic mass is 10.1. The molecule has 0 rings (SSSR count). The fraction of sp³-hybridized carbons (Fsp3) is 0.712. The maximum Gasteiger partial charge on any atom is 0.306 e. The fourth-order valence-electron chi connectivity index (χ4n) is 8.33. The van der Waals surface area contributed by atoms with Crippen LogP contribution in [0, 0.1) is 0 Å². The van der Waals surface area contributed by atoms with Crippen molar-refractivity contribution in [2.24, 2.45) is 0 Å². The van der Waals surface area contributed by atoms with Gasteiger partial charge in [-0.1, -0.05) is 246 Å². The lowest BCUT2D eigenvalue weighted by molar-refractivity contribution is -0.167. The van der Waals surface area contributed by atoms with Crippen molar-refractivity contribution in [2.75, 3.05) is 13.2 Å². The summed E-state index contributed by atoms with van der Waals surface area (Å²) in [5.74, 6) is -0.912. The number of hydrogen-bond acceptors (Lipinski definition) is 6. The zero-order chi connectivity index (χ0) is 52.2. The van der Waals surface area contributed by atoms with Crippen LogP contribution in [0.2, 0.25) is 0 Å². The number of rotatable bonds is 54. The van der Waals surface area contributed by atoms with Crippen LogP contribution in [0.3, 0.4) is 0 Å². The minimum Gasteiger partial charge on any atom is -0.462 e. The van der Waals surface area contributed by atoms with Gasteiger partial charge in [0.15, 0.2) is 6.10 Å². The molecule has 1 unspecified atom stereocenters. The number of esters is 3. The van der Waals surface area contributed by atoms with Crippen molar-refractivity contribution >= 4 is 17.9 Å². The van der Waals surface area contributed by atoms with Crippen molar-refractivity contribution in [3.8, 4) is 0 Å². The number of carbonyl (C=O) groups is 3. The topological polar surface area (TPSA) is 78.9 Å². The summed E-state index contributed by atoms with van der Waals surface area (Å²) in [5.41, 5.74) is 0. The van der Waals surface area contributed by atoms with Gasteiger partial charge in [0.2, 0.25) is 0 Å². The predicted molar refractivity (Wildman–Crippen MR) is 311 cm³/mol. The molecule has 0 spiro atoms. The van der Waals surface area contributed by atoms with E-state index in [9.17, 15) is 14.4 Å². The molecule has 0 amide bonds. The number of hydrogen-bond donors (Lipinski definition) is 0. The zero-order valence-corrected chi connectivity index (χ0v) is 47.2. The first kappa shape index (κ1) is 68.3. The molecule has 0 aliphatic rings. The smallest absolute Gasteiger partial charge is 0.306 e. The lowest BCUT2D eigenvalue weighted by Crippen LogP contribution is -2.30. The van der Waals surface area contributed by atoms with Gasteiger partial charge in [0, 0.05) is 19.3 Å². The van der Waals surface area contributed by atoms with E-state index >= 15 is 0 Å². The molecular weight excluding hydrogens is 889 g/mol. The molecule has 0 radical (unpaired) electrons. The molecule has 0 aromatic heterocycles. The van der Waals surface area contributed by atoms with Crippen LogP contribution in [0.1, 0.15) is 284 Å². The fourth-order valence-corrected chi connectivity index (χ4v) is 8.33. The third kappa shape index (κ3) is 57.2. The standard InChI is InChI=1S/C66H112O6/c1-4-7-10-13-16-19-22-25-28-30-31-32-33-34-35-36-39-41-44-47-50-53-56-59-65(68)71-62-63(61-70-64(67)58-55-52-49-46-43-40-37-27-24-21-18-15-12-9-6-3)72-66(69)60-57-54-51-48-45-42-38-29-26-23-20-17-14-11-8-5-2/h7,9-10,12,16,18-19,21,25,27-29,31-32,37-38,63H,4-6,8,11,13-15,17,20,22-24,26,30,33-36,39-62H2,1-3H3/b10-7-,12-9-,19-16-,21-18-,28-25-,32-31-,37-27-,38-29-. The summed E-state index contributed by atoms with van der Waals surface area (Å²) in [5, 5.41) is 0. The molecule has 0 fully saturated rings. The highest BCUT2D eigenvalue weighted by Crippen LogP contribution is 2.15. The molecule has 0 aromatic rings. The van der Waals surface area contributed by atoms with Crippen molar-refractivity contribution in [3.63, 3.8) is 0 Å². The normalized spacial score (nSPS) is 12.8. The number of allylic oxidation sites excluding steroid dienone is 16. The molecule has 0 saturated carbocycles. The monoisotopic (exact) mass is 1000 g/mol. The van der Waals surface area contributed by atoms with Crippen molar-refractivity contribution < 1.29 is 28.6 Å². The molecule has 72 heavy (non-hydrogen) atoms. The summed E-state index contributed by atoms with van der Waals surface area (Å²) >= 11 is 0. The Morgan fingerprint density at radius 1 is 0.292 bits per heavy atom. The van der Waals surface area contributed by atoms with Gasteiger partial charge in [-0.2, -0.15) is 0 Å². The van der Waals surface area contributed by atoms with Crippen LogP contribution in [0.4, 0.5) is 0 Å². The van der Waals surface area contributed by atoms with Crippen LogP contribution in [0.25, 0.3) is 0 Å². The molecule has 6 heteroatoms. The van der Waals surface area contributed by atoms with Crippen molar-refractivity contribution in [1.29, 1.82) is 0 Å². The van der Waals surface area contributed by atoms with Crippen LogP contribution >= 0.6 is 0 Å². The van der Waals surface area contributed by atoms with Gasteiger partial charge in [-0.05, 0) is 116 Å². The van der Waals surface area contributed by atoms with E-state index in [-0.39, 0.29) is 31.1 Å². The van der Waals surface area contributed by atoms with Crippen molar-refractivity contribution in [3.05, 3.63) is 97.2 Å². The largest absolute Gasteiger partial charge is 0.462 e. The van der Waals surface area contributed by atoms with Gasteiger partial charge >= 0.3 is 17.9 Å². The van der Waals surface area contributed by atoms with E-state index in [0.717, 1.165) is 135 Å². The first-order chi connectivity index (χ1) is 35.5. The molecule has 0 aromatic carbocycles. The maximum atomic E-state index is 12.9. The molecule has 0 heterocycles. The van der Waals surface area contributed by atoms with E-state index in [1.165, 1.54) is 109 Å². The second kappa shape index (κ2) is 59.9. The summed E-state index contributed by atoms with van der Waals surface area (Å²) in [7, 11) is 0. The quantitative estimate of drug-likeness (QED) is 0.0261. The molecule has 0 bridgehead atoms. The molecule has 0 N–H and O–H groups in total. The van der Waals surface area contributed by atoms with Crippen molar-refractivity contribution in [1.82, 2.24) is 0 Å². The predicted octanol–water partition coefficient (Wildman–Crippen LogP) is 20.5. The van der Waals surface area contributed by atoms with Gasteiger partial charge in [0.1, 0.15) is 13.2 Å². The Bertz CT molecular complexity index is 1430. The molecular formula is C66H112O6.